The zero-order valence-electron chi connectivity index (χ0n) is 12.3. The Hall–Kier alpha value is -1.65. The average Bonchev–Trinajstić information content (AvgIpc) is 3.14. The molecule has 2 aliphatic heterocycles. The van der Waals surface area contributed by atoms with Gasteiger partial charge in [0.1, 0.15) is 5.82 Å². The van der Waals surface area contributed by atoms with Gasteiger partial charge in [-0.1, -0.05) is 30.3 Å². The molecule has 0 amide bonds. The molecule has 4 heteroatoms. The van der Waals surface area contributed by atoms with E-state index >= 15 is 0 Å². The van der Waals surface area contributed by atoms with Crippen LogP contribution in [0, 0.1) is 11.8 Å². The third-order valence-corrected chi connectivity index (χ3v) is 4.82. The van der Waals surface area contributed by atoms with Crippen LogP contribution in [0.4, 0.5) is 0 Å². The van der Waals surface area contributed by atoms with Gasteiger partial charge in [-0.2, -0.15) is 0 Å². The van der Waals surface area contributed by atoms with E-state index in [1.54, 1.807) is 0 Å². The van der Waals surface area contributed by atoms with Crippen LogP contribution >= 0.6 is 0 Å². The number of likely N-dealkylation sites (tertiary alicyclic amines) is 1. The zero-order valence-corrected chi connectivity index (χ0v) is 12.3. The van der Waals surface area contributed by atoms with Crippen molar-refractivity contribution in [2.45, 2.75) is 13.0 Å². The van der Waals surface area contributed by atoms with Crippen molar-refractivity contribution in [3.63, 3.8) is 0 Å². The van der Waals surface area contributed by atoms with Crippen LogP contribution < -0.4 is 5.32 Å². The van der Waals surface area contributed by atoms with Crippen LogP contribution in [0.25, 0.3) is 11.4 Å². The molecule has 2 N–H and O–H groups in total. The highest BCUT2D eigenvalue weighted by molar-refractivity contribution is 5.54. The van der Waals surface area contributed by atoms with Crippen LogP contribution in [0.2, 0.25) is 0 Å². The van der Waals surface area contributed by atoms with Gasteiger partial charge >= 0.3 is 0 Å². The molecule has 2 saturated heterocycles. The molecule has 2 aliphatic rings. The Morgan fingerprint density at radius 2 is 2.00 bits per heavy atom. The Balaban J connectivity index is 1.43. The van der Waals surface area contributed by atoms with Crippen molar-refractivity contribution in [2.75, 3.05) is 26.2 Å². The van der Waals surface area contributed by atoms with Crippen molar-refractivity contribution in [3.8, 4) is 11.4 Å². The first-order valence-electron chi connectivity index (χ1n) is 7.91. The van der Waals surface area contributed by atoms with Crippen molar-refractivity contribution < 1.29 is 0 Å². The second kappa shape index (κ2) is 5.62. The van der Waals surface area contributed by atoms with E-state index in [1.807, 2.05) is 12.3 Å². The van der Waals surface area contributed by atoms with Gasteiger partial charge in [0.05, 0.1) is 0 Å². The number of imidazole rings is 1. The number of hydrogen-bond donors (Lipinski definition) is 2. The number of aromatic amines is 1. The Kier molecular flexibility index (Phi) is 3.49. The van der Waals surface area contributed by atoms with E-state index in [1.165, 1.54) is 38.3 Å². The van der Waals surface area contributed by atoms with Gasteiger partial charge in [-0.15, -0.1) is 0 Å². The van der Waals surface area contributed by atoms with Crippen molar-refractivity contribution in [3.05, 3.63) is 42.2 Å². The lowest BCUT2D eigenvalue weighted by Crippen LogP contribution is -2.35. The van der Waals surface area contributed by atoms with Crippen LogP contribution in [-0.4, -0.2) is 41.0 Å². The molecule has 0 radical (unpaired) electrons. The predicted octanol–water partition coefficient (Wildman–Crippen LogP) is 2.12. The Labute approximate surface area is 125 Å². The third-order valence-electron chi connectivity index (χ3n) is 4.82. The van der Waals surface area contributed by atoms with Crippen LogP contribution in [0.1, 0.15) is 12.1 Å². The number of nitrogens with zero attached hydrogens (tertiary/aromatic N) is 2. The Morgan fingerprint density at radius 3 is 2.86 bits per heavy atom. The van der Waals surface area contributed by atoms with Crippen LogP contribution in [0.15, 0.2) is 36.5 Å². The third kappa shape index (κ3) is 2.74. The fraction of sp³-hybridized carbons (Fsp3) is 0.471. The lowest BCUT2D eigenvalue weighted by Gasteiger charge is -2.24. The number of rotatable bonds is 3. The van der Waals surface area contributed by atoms with Gasteiger partial charge < -0.3 is 10.3 Å². The largest absolute Gasteiger partial charge is 0.341 e. The number of fused-ring (bicyclic) bond motifs is 1. The number of benzene rings is 1. The van der Waals surface area contributed by atoms with Crippen LogP contribution in [0.5, 0.6) is 0 Å². The molecule has 1 aromatic heterocycles. The molecule has 0 spiro atoms. The van der Waals surface area contributed by atoms with Gasteiger partial charge in [0.15, 0.2) is 0 Å². The van der Waals surface area contributed by atoms with Gasteiger partial charge in [-0.25, -0.2) is 4.98 Å². The first-order valence-corrected chi connectivity index (χ1v) is 7.91. The maximum Gasteiger partial charge on any atom is 0.137 e. The average molecular weight is 282 g/mol. The molecule has 2 atom stereocenters. The van der Waals surface area contributed by atoms with Crippen molar-refractivity contribution in [1.29, 1.82) is 0 Å². The Morgan fingerprint density at radius 1 is 1.14 bits per heavy atom. The monoisotopic (exact) mass is 282 g/mol. The molecule has 21 heavy (non-hydrogen) atoms. The van der Waals surface area contributed by atoms with Gasteiger partial charge in [-0.3, -0.25) is 4.90 Å². The molecule has 110 valence electrons. The molecule has 0 saturated carbocycles. The van der Waals surface area contributed by atoms with E-state index in [0.29, 0.717) is 0 Å². The molecule has 0 bridgehead atoms. The molecule has 1 aromatic carbocycles. The lowest BCUT2D eigenvalue weighted by atomic mass is 9.90. The normalized spacial score (nSPS) is 25.9. The predicted molar refractivity (Wildman–Crippen MR) is 83.8 cm³/mol. The summed E-state index contributed by atoms with van der Waals surface area (Å²) in [4.78, 5) is 10.6. The molecule has 2 fully saturated rings. The summed E-state index contributed by atoms with van der Waals surface area (Å²) in [5, 5.41) is 3.52. The fourth-order valence-corrected chi connectivity index (χ4v) is 3.72. The van der Waals surface area contributed by atoms with E-state index in [-0.39, 0.29) is 0 Å². The van der Waals surface area contributed by atoms with E-state index in [4.69, 9.17) is 0 Å². The van der Waals surface area contributed by atoms with Gasteiger partial charge in [-0.05, 0) is 31.3 Å². The van der Waals surface area contributed by atoms with Crippen molar-refractivity contribution >= 4 is 0 Å². The highest BCUT2D eigenvalue weighted by Gasteiger charge is 2.34. The van der Waals surface area contributed by atoms with Crippen molar-refractivity contribution in [1.82, 2.24) is 20.2 Å². The summed E-state index contributed by atoms with van der Waals surface area (Å²) in [5.74, 6) is 2.71. The first-order chi connectivity index (χ1) is 10.4. The summed E-state index contributed by atoms with van der Waals surface area (Å²) >= 11 is 0. The molecule has 0 aliphatic carbocycles. The second-order valence-electron chi connectivity index (χ2n) is 6.33. The number of H-pyrrole nitrogens is 1. The van der Waals surface area contributed by atoms with E-state index < -0.39 is 0 Å². The highest BCUT2D eigenvalue weighted by Crippen LogP contribution is 2.29. The lowest BCUT2D eigenvalue weighted by molar-refractivity contribution is 0.310. The number of nitrogens with one attached hydrogen (secondary N) is 2. The fourth-order valence-electron chi connectivity index (χ4n) is 3.72. The minimum absolute atomic E-state index is 0.843. The number of hydrogen-bond acceptors (Lipinski definition) is 3. The van der Waals surface area contributed by atoms with Gasteiger partial charge in [0.25, 0.3) is 0 Å². The summed E-state index contributed by atoms with van der Waals surface area (Å²) in [6.45, 7) is 5.84. The Bertz CT molecular complexity index is 578. The summed E-state index contributed by atoms with van der Waals surface area (Å²) in [6, 6.07) is 10.3. The minimum atomic E-state index is 0.843. The van der Waals surface area contributed by atoms with E-state index in [0.717, 1.165) is 29.8 Å². The van der Waals surface area contributed by atoms with E-state index in [2.05, 4.69) is 44.5 Å². The molecule has 4 nitrogen and oxygen atoms in total. The second-order valence-corrected chi connectivity index (χ2v) is 6.33. The maximum atomic E-state index is 4.52. The van der Waals surface area contributed by atoms with Gasteiger partial charge in [0.2, 0.25) is 0 Å². The SMILES string of the molecule is c1ccc(-c2ncc(CN3C[C@H]4CNCC[C@H]4C3)[nH]2)cc1. The molecular formula is C17H22N4. The summed E-state index contributed by atoms with van der Waals surface area (Å²) in [7, 11) is 0. The standard InChI is InChI=1S/C17H22N4/c1-2-4-13(5-3-1)17-19-9-16(20-17)12-21-10-14-6-7-18-8-15(14)11-21/h1-5,9,14-15,18H,6-8,10-12H2,(H,19,20)/t14-,15+/m0/s1. The number of aromatic nitrogens is 2. The quantitative estimate of drug-likeness (QED) is 0.906. The number of piperidine rings is 1. The zero-order chi connectivity index (χ0) is 14.1. The summed E-state index contributed by atoms with van der Waals surface area (Å²) < 4.78 is 0. The first kappa shape index (κ1) is 13.0. The summed E-state index contributed by atoms with van der Waals surface area (Å²) in [5.41, 5.74) is 2.38. The molecule has 2 aromatic rings. The highest BCUT2D eigenvalue weighted by atomic mass is 15.2. The smallest absolute Gasteiger partial charge is 0.137 e. The van der Waals surface area contributed by atoms with Gasteiger partial charge in [0, 0.05) is 37.1 Å². The van der Waals surface area contributed by atoms with E-state index in [9.17, 15) is 0 Å². The minimum Gasteiger partial charge on any atom is -0.341 e. The van der Waals surface area contributed by atoms with Crippen molar-refractivity contribution in [2.24, 2.45) is 11.8 Å². The molecular weight excluding hydrogens is 260 g/mol. The molecule has 4 rings (SSSR count). The maximum absolute atomic E-state index is 4.52. The molecule has 3 heterocycles. The molecule has 0 unspecified atom stereocenters. The van der Waals surface area contributed by atoms with Crippen LogP contribution in [-0.2, 0) is 6.54 Å². The summed E-state index contributed by atoms with van der Waals surface area (Å²) in [6.07, 6.45) is 3.32. The van der Waals surface area contributed by atoms with Crippen LogP contribution in [0.3, 0.4) is 0 Å². The topological polar surface area (TPSA) is 44.0 Å².